The van der Waals surface area contributed by atoms with Gasteiger partial charge in [-0.05, 0) is 38.5 Å². The number of unbranched alkanes of at least 4 members (excludes halogenated alkanes) is 7. The summed E-state index contributed by atoms with van der Waals surface area (Å²) in [6, 6.07) is 0. The van der Waals surface area contributed by atoms with Crippen molar-refractivity contribution in [3.63, 3.8) is 0 Å². The molecule has 0 aliphatic heterocycles. The van der Waals surface area contributed by atoms with E-state index in [1.165, 1.54) is 0 Å². The van der Waals surface area contributed by atoms with Crippen LogP contribution in [0.5, 0.6) is 0 Å². The van der Waals surface area contributed by atoms with Crippen molar-refractivity contribution < 1.29 is 51.6 Å². The van der Waals surface area contributed by atoms with Gasteiger partial charge in [-0.25, -0.2) is 16.8 Å². The largest absolute Gasteiger partial charge is 0.520 e. The third-order valence-electron chi connectivity index (χ3n) is 7.33. The Kier molecular flexibility index (Phi) is 14.9. The third-order valence-corrected chi connectivity index (χ3v) is 15.0. The Labute approximate surface area is 249 Å². The molecule has 42 heavy (non-hydrogen) atoms. The molecule has 242 valence electrons. The molecule has 2 saturated carbocycles. The summed E-state index contributed by atoms with van der Waals surface area (Å²) in [7, 11) is -18.2. The van der Waals surface area contributed by atoms with Gasteiger partial charge in [-0.3, -0.25) is 8.37 Å². The van der Waals surface area contributed by atoms with Gasteiger partial charge in [-0.15, -0.1) is 9.58 Å². The lowest BCUT2D eigenvalue weighted by Crippen LogP contribution is -2.33. The molecular formula is C24H42N4O10S4. The monoisotopic (exact) mass is 674 g/mol. The number of nitrogens with zero attached hydrogens (tertiary/aromatic N) is 4. The Morgan fingerprint density at radius 2 is 0.786 bits per heavy atom. The molecule has 0 aromatic heterocycles. The van der Waals surface area contributed by atoms with Gasteiger partial charge in [0.25, 0.3) is 19.7 Å². The molecule has 0 aromatic carbocycles. The van der Waals surface area contributed by atoms with Crippen LogP contribution in [0.2, 0.25) is 0 Å². The molecule has 0 amide bonds. The molecule has 0 radical (unpaired) electrons. The van der Waals surface area contributed by atoms with Crippen molar-refractivity contribution in [2.45, 2.75) is 128 Å². The Morgan fingerprint density at radius 3 is 1.07 bits per heavy atom. The molecule has 0 bridgehead atoms. The second-order valence-electron chi connectivity index (χ2n) is 10.8. The summed E-state index contributed by atoms with van der Waals surface area (Å²) in [5, 5.41) is 0. The van der Waals surface area contributed by atoms with E-state index >= 15 is 0 Å². The summed E-state index contributed by atoms with van der Waals surface area (Å²) >= 11 is 0. The summed E-state index contributed by atoms with van der Waals surface area (Å²) in [5.41, 5.74) is 18.3. The Hall–Kier alpha value is -1.52. The van der Waals surface area contributed by atoms with Gasteiger partial charge in [0.1, 0.15) is 0 Å². The van der Waals surface area contributed by atoms with E-state index in [0.29, 0.717) is 64.2 Å². The highest BCUT2D eigenvalue weighted by molar-refractivity contribution is 8.29. The highest BCUT2D eigenvalue weighted by Crippen LogP contribution is 2.24. The quantitative estimate of drug-likeness (QED) is 0.0613. The smallest absolute Gasteiger partial charge is 0.359 e. The minimum Gasteiger partial charge on any atom is -0.359 e. The zero-order valence-electron chi connectivity index (χ0n) is 23.8. The second kappa shape index (κ2) is 17.1. The van der Waals surface area contributed by atoms with Crippen LogP contribution in [0.15, 0.2) is 0 Å². The molecule has 2 fully saturated rings. The Morgan fingerprint density at radius 1 is 0.500 bits per heavy atom. The van der Waals surface area contributed by atoms with Crippen LogP contribution in [0.4, 0.5) is 0 Å². The van der Waals surface area contributed by atoms with Gasteiger partial charge < -0.3 is 11.1 Å². The number of hydrogen-bond acceptors (Lipinski definition) is 10. The molecule has 0 heterocycles. The Bertz CT molecular complexity index is 1310. The first-order chi connectivity index (χ1) is 19.7. The SMILES string of the molecule is [N-]=[N+]=C(S(=O)(=O)CCCCCCCCCCS(=O)(=O)C(=[N+]=[N-])S(=O)(=O)OC1CCCCC1)S(=O)(=O)OC1CCCCC1. The van der Waals surface area contributed by atoms with E-state index in [1.807, 2.05) is 0 Å². The molecule has 0 atom stereocenters. The minimum atomic E-state index is -4.72. The summed E-state index contributed by atoms with van der Waals surface area (Å²) in [6.07, 6.45) is 9.66. The van der Waals surface area contributed by atoms with Gasteiger partial charge in [0.2, 0.25) is 0 Å². The molecule has 0 unspecified atom stereocenters. The summed E-state index contributed by atoms with van der Waals surface area (Å²) in [5.74, 6) is -1.03. The average Bonchev–Trinajstić information content (AvgIpc) is 2.90. The zero-order valence-corrected chi connectivity index (χ0v) is 27.1. The van der Waals surface area contributed by atoms with E-state index in [4.69, 9.17) is 19.4 Å². The number of hydrogen-bond donors (Lipinski definition) is 0. The van der Waals surface area contributed by atoms with Gasteiger partial charge in [0, 0.05) is 0 Å². The first kappa shape index (κ1) is 36.7. The van der Waals surface area contributed by atoms with Crippen molar-refractivity contribution in [2.75, 3.05) is 11.5 Å². The van der Waals surface area contributed by atoms with Crippen molar-refractivity contribution in [1.29, 1.82) is 0 Å². The molecule has 0 aromatic rings. The highest BCUT2D eigenvalue weighted by atomic mass is 32.3. The van der Waals surface area contributed by atoms with E-state index in [-0.39, 0.29) is 12.8 Å². The predicted octanol–water partition coefficient (Wildman–Crippen LogP) is 3.47. The van der Waals surface area contributed by atoms with Crippen molar-refractivity contribution in [1.82, 2.24) is 0 Å². The summed E-state index contributed by atoms with van der Waals surface area (Å²) < 4.78 is 107. The van der Waals surface area contributed by atoms with Gasteiger partial charge in [-0.2, -0.15) is 16.8 Å². The van der Waals surface area contributed by atoms with Gasteiger partial charge in [0.15, 0.2) is 0 Å². The normalized spacial score (nSPS) is 17.8. The van der Waals surface area contributed by atoms with Crippen LogP contribution in [-0.4, -0.2) is 75.7 Å². The second-order valence-corrected chi connectivity index (χ2v) is 18.4. The number of sulfone groups is 2. The summed E-state index contributed by atoms with van der Waals surface area (Å²) in [4.78, 5) is 5.08. The van der Waals surface area contributed by atoms with Gasteiger partial charge >= 0.3 is 29.0 Å². The van der Waals surface area contributed by atoms with Crippen molar-refractivity contribution >= 4 is 48.7 Å². The molecule has 14 nitrogen and oxygen atoms in total. The van der Waals surface area contributed by atoms with Gasteiger partial charge in [-0.1, -0.05) is 77.0 Å². The minimum absolute atomic E-state index is 0.152. The summed E-state index contributed by atoms with van der Waals surface area (Å²) in [6.45, 7) is 0. The number of rotatable bonds is 15. The molecule has 0 spiro atoms. The fourth-order valence-electron chi connectivity index (χ4n) is 5.12. The first-order valence-electron chi connectivity index (χ1n) is 14.5. The van der Waals surface area contributed by atoms with Crippen molar-refractivity contribution in [2.24, 2.45) is 0 Å². The van der Waals surface area contributed by atoms with E-state index in [1.54, 1.807) is 0 Å². The molecule has 18 heteroatoms. The molecular weight excluding hydrogens is 633 g/mol. The molecule has 0 N–H and O–H groups in total. The van der Waals surface area contributed by atoms with Crippen LogP contribution >= 0.6 is 0 Å². The maximum absolute atomic E-state index is 12.5. The molecule has 2 aliphatic rings. The lowest BCUT2D eigenvalue weighted by molar-refractivity contribution is 0.00196. The fourth-order valence-corrected chi connectivity index (χ4v) is 11.6. The van der Waals surface area contributed by atoms with E-state index in [9.17, 15) is 33.7 Å². The average molecular weight is 675 g/mol. The maximum atomic E-state index is 12.5. The first-order valence-corrected chi connectivity index (χ1v) is 20.6. The standard InChI is InChI=1S/C24H42N4O10S4/c25-27-23(41(33,34)37-21-15-9-7-10-16-21)39(29,30)19-13-5-3-1-2-4-6-14-20-40(31,32)24(28-26)42(35,36)38-22-17-11-8-12-18-22/h21-22H,1-20H2. The van der Waals surface area contributed by atoms with Crippen LogP contribution in [0, 0.1) is 0 Å². The van der Waals surface area contributed by atoms with Crippen LogP contribution in [0.3, 0.4) is 0 Å². The van der Waals surface area contributed by atoms with Crippen molar-refractivity contribution in [3.8, 4) is 0 Å². The van der Waals surface area contributed by atoms with Crippen LogP contribution in [0.1, 0.15) is 116 Å². The molecule has 2 aliphatic carbocycles. The maximum Gasteiger partial charge on any atom is 0.520 e. The lowest BCUT2D eigenvalue weighted by Gasteiger charge is -2.20. The van der Waals surface area contributed by atoms with Gasteiger partial charge in [0.05, 0.1) is 23.7 Å². The third kappa shape index (κ3) is 11.9. The van der Waals surface area contributed by atoms with Crippen LogP contribution in [-0.2, 0) is 48.3 Å². The van der Waals surface area contributed by atoms with E-state index in [0.717, 1.165) is 38.5 Å². The molecule has 0 saturated heterocycles. The highest BCUT2D eigenvalue weighted by Gasteiger charge is 2.45. The van der Waals surface area contributed by atoms with Crippen LogP contribution in [0.25, 0.3) is 11.1 Å². The topological polar surface area (TPSA) is 228 Å². The van der Waals surface area contributed by atoms with E-state index in [2.05, 4.69) is 9.58 Å². The zero-order chi connectivity index (χ0) is 31.3. The Balaban J connectivity index is 1.67. The van der Waals surface area contributed by atoms with E-state index < -0.39 is 72.4 Å². The fraction of sp³-hybridized carbons (Fsp3) is 0.917. The molecule has 2 rings (SSSR count). The lowest BCUT2D eigenvalue weighted by atomic mass is 9.98. The predicted molar refractivity (Wildman–Crippen MR) is 156 cm³/mol. The van der Waals surface area contributed by atoms with Crippen molar-refractivity contribution in [3.05, 3.63) is 11.1 Å². The van der Waals surface area contributed by atoms with Crippen LogP contribution < -0.4 is 0 Å².